The van der Waals surface area contributed by atoms with Crippen molar-refractivity contribution in [1.82, 2.24) is 9.97 Å². The first-order valence-corrected chi connectivity index (χ1v) is 5.57. The molecular formula is C13H6ClN3O. The Morgan fingerprint density at radius 2 is 2.06 bits per heavy atom. The van der Waals surface area contributed by atoms with Gasteiger partial charge in [-0.3, -0.25) is 0 Å². The summed E-state index contributed by atoms with van der Waals surface area (Å²) in [7, 11) is 0. The van der Waals surface area contributed by atoms with Crippen molar-refractivity contribution < 1.29 is 4.42 Å². The fraction of sp³-hybridized carbons (Fsp3) is 0. The van der Waals surface area contributed by atoms with E-state index in [2.05, 4.69) is 9.97 Å². The molecule has 0 fully saturated rings. The smallest absolute Gasteiger partial charge is 0.223 e. The third-order valence-electron chi connectivity index (χ3n) is 2.56. The van der Waals surface area contributed by atoms with Crippen LogP contribution in [-0.2, 0) is 0 Å². The van der Waals surface area contributed by atoms with Crippen molar-refractivity contribution in [1.29, 1.82) is 5.26 Å². The molecule has 1 aromatic rings. The summed E-state index contributed by atoms with van der Waals surface area (Å²) in [6.45, 7) is 0. The van der Waals surface area contributed by atoms with Crippen LogP contribution in [0.3, 0.4) is 0 Å². The number of rotatable bonds is 1. The minimum atomic E-state index is 0.0850. The van der Waals surface area contributed by atoms with E-state index in [4.69, 9.17) is 21.3 Å². The van der Waals surface area contributed by atoms with Crippen molar-refractivity contribution >= 4 is 11.6 Å². The van der Waals surface area contributed by atoms with Gasteiger partial charge in [0, 0.05) is 5.56 Å². The van der Waals surface area contributed by atoms with Crippen molar-refractivity contribution in [3.05, 3.63) is 47.4 Å². The Morgan fingerprint density at radius 1 is 1.17 bits per heavy atom. The van der Waals surface area contributed by atoms with Crippen molar-refractivity contribution in [2.45, 2.75) is 0 Å². The highest BCUT2D eigenvalue weighted by Crippen LogP contribution is 2.30. The highest BCUT2D eigenvalue weighted by atomic mass is 35.5. The molecule has 0 saturated carbocycles. The Hall–Kier alpha value is -2.38. The molecule has 0 aromatic carbocycles. The van der Waals surface area contributed by atoms with E-state index in [-0.39, 0.29) is 5.28 Å². The van der Waals surface area contributed by atoms with Crippen LogP contribution in [0.1, 0.15) is 5.56 Å². The first-order valence-electron chi connectivity index (χ1n) is 5.19. The van der Waals surface area contributed by atoms with Gasteiger partial charge in [0.05, 0.1) is 11.8 Å². The minimum Gasteiger partial charge on any atom is -0.454 e. The number of nitriles is 1. The van der Waals surface area contributed by atoms with Gasteiger partial charge in [-0.2, -0.15) is 5.26 Å². The molecule has 5 heteroatoms. The Morgan fingerprint density at radius 3 is 2.89 bits per heavy atom. The molecule has 1 aliphatic carbocycles. The summed E-state index contributed by atoms with van der Waals surface area (Å²) in [5.41, 5.74) is 1.73. The predicted octanol–water partition coefficient (Wildman–Crippen LogP) is 3.37. The Bertz CT molecular complexity index is 729. The second kappa shape index (κ2) is 4.13. The van der Waals surface area contributed by atoms with E-state index in [9.17, 15) is 0 Å². The third-order valence-corrected chi connectivity index (χ3v) is 2.74. The molecule has 0 spiro atoms. The first-order chi connectivity index (χ1) is 8.78. The van der Waals surface area contributed by atoms with Crippen LogP contribution >= 0.6 is 11.6 Å². The molecule has 0 bridgehead atoms. The van der Waals surface area contributed by atoms with Crippen molar-refractivity contribution in [3.8, 4) is 28.8 Å². The van der Waals surface area contributed by atoms with Gasteiger partial charge in [0.1, 0.15) is 17.5 Å². The maximum Gasteiger partial charge on any atom is 0.223 e. The van der Waals surface area contributed by atoms with Crippen molar-refractivity contribution in [3.63, 3.8) is 0 Å². The van der Waals surface area contributed by atoms with Gasteiger partial charge in [-0.05, 0) is 29.8 Å². The lowest BCUT2D eigenvalue weighted by Crippen LogP contribution is -1.93. The average molecular weight is 256 g/mol. The lowest BCUT2D eigenvalue weighted by molar-refractivity contribution is 0.580. The van der Waals surface area contributed by atoms with Gasteiger partial charge in [-0.1, -0.05) is 12.1 Å². The lowest BCUT2D eigenvalue weighted by atomic mass is 10.1. The third kappa shape index (κ3) is 1.71. The lowest BCUT2D eigenvalue weighted by Gasteiger charge is -2.05. The van der Waals surface area contributed by atoms with Crippen LogP contribution in [0.25, 0.3) is 22.8 Å². The molecule has 3 rings (SSSR count). The maximum absolute atomic E-state index is 9.03. The molecule has 86 valence electrons. The van der Waals surface area contributed by atoms with E-state index >= 15 is 0 Å². The summed E-state index contributed by atoms with van der Waals surface area (Å²) >= 11 is 5.75. The highest BCUT2D eigenvalue weighted by Gasteiger charge is 2.13. The Kier molecular flexibility index (Phi) is 2.47. The molecule has 1 aromatic heterocycles. The summed E-state index contributed by atoms with van der Waals surface area (Å²) in [6, 6.07) is 11.4. The van der Waals surface area contributed by atoms with E-state index in [1.54, 1.807) is 6.07 Å². The fourth-order valence-corrected chi connectivity index (χ4v) is 1.86. The van der Waals surface area contributed by atoms with E-state index in [0.717, 1.165) is 11.3 Å². The largest absolute Gasteiger partial charge is 0.454 e. The fourth-order valence-electron chi connectivity index (χ4n) is 1.72. The van der Waals surface area contributed by atoms with E-state index in [1.807, 2.05) is 30.3 Å². The molecule has 2 aliphatic rings. The quantitative estimate of drug-likeness (QED) is 0.626. The number of aromatic nitrogens is 2. The van der Waals surface area contributed by atoms with Crippen LogP contribution in [0.4, 0.5) is 0 Å². The first kappa shape index (κ1) is 10.8. The molecule has 0 N–H and O–H groups in total. The van der Waals surface area contributed by atoms with Crippen LogP contribution in [-0.4, -0.2) is 9.97 Å². The summed E-state index contributed by atoms with van der Waals surface area (Å²) in [6.07, 6.45) is 1.38. The second-order valence-corrected chi connectivity index (χ2v) is 4.00. The topological polar surface area (TPSA) is 62.7 Å². The Labute approximate surface area is 108 Å². The van der Waals surface area contributed by atoms with Gasteiger partial charge in [0.2, 0.25) is 5.28 Å². The second-order valence-electron chi connectivity index (χ2n) is 3.66. The molecule has 0 saturated heterocycles. The van der Waals surface area contributed by atoms with Crippen LogP contribution < -0.4 is 0 Å². The summed E-state index contributed by atoms with van der Waals surface area (Å²) in [4.78, 5) is 7.82. The minimum absolute atomic E-state index is 0.0850. The predicted molar refractivity (Wildman–Crippen MR) is 66.1 cm³/mol. The zero-order valence-electron chi connectivity index (χ0n) is 9.09. The molecule has 4 nitrogen and oxygen atoms in total. The normalized spacial score (nSPS) is 10.4. The van der Waals surface area contributed by atoms with Gasteiger partial charge in [0.25, 0.3) is 0 Å². The van der Waals surface area contributed by atoms with Gasteiger partial charge in [0.15, 0.2) is 5.76 Å². The molecule has 0 radical (unpaired) electrons. The van der Waals surface area contributed by atoms with Gasteiger partial charge in [-0.25, -0.2) is 9.97 Å². The monoisotopic (exact) mass is 255 g/mol. The zero-order chi connectivity index (χ0) is 12.5. The maximum atomic E-state index is 9.03. The standard InChI is InChI=1S/C13H6ClN3O/c14-13-16-7-9(6-15)12(17-13)11-5-4-8-2-1-3-10(8)18-11/h1-5,7H. The average Bonchev–Trinajstić information content (AvgIpc) is 2.85. The number of halogens is 1. The highest BCUT2D eigenvalue weighted by molar-refractivity contribution is 6.28. The van der Waals surface area contributed by atoms with Crippen LogP contribution in [0.2, 0.25) is 5.28 Å². The van der Waals surface area contributed by atoms with Crippen LogP contribution in [0.15, 0.2) is 40.9 Å². The van der Waals surface area contributed by atoms with Gasteiger partial charge < -0.3 is 4.42 Å². The van der Waals surface area contributed by atoms with Gasteiger partial charge >= 0.3 is 0 Å². The molecular weight excluding hydrogens is 250 g/mol. The number of nitrogens with zero attached hydrogens (tertiary/aromatic N) is 3. The molecule has 2 heterocycles. The van der Waals surface area contributed by atoms with E-state index in [0.29, 0.717) is 17.0 Å². The molecule has 0 amide bonds. The number of fused-ring (bicyclic) bond motifs is 1. The summed E-state index contributed by atoms with van der Waals surface area (Å²) in [5.74, 6) is 1.24. The molecule has 18 heavy (non-hydrogen) atoms. The number of hydrogen-bond acceptors (Lipinski definition) is 4. The van der Waals surface area contributed by atoms with Crippen LogP contribution in [0.5, 0.6) is 0 Å². The SMILES string of the molecule is N#Cc1cnc(Cl)nc1-c1ccc2cccc-2o1. The summed E-state index contributed by atoms with van der Waals surface area (Å²) in [5, 5.41) is 9.11. The van der Waals surface area contributed by atoms with Gasteiger partial charge in [-0.15, -0.1) is 0 Å². The molecule has 0 unspecified atom stereocenters. The molecule has 0 atom stereocenters. The van der Waals surface area contributed by atoms with E-state index in [1.165, 1.54) is 6.20 Å². The van der Waals surface area contributed by atoms with Crippen molar-refractivity contribution in [2.75, 3.05) is 0 Å². The van der Waals surface area contributed by atoms with E-state index < -0.39 is 0 Å². The molecule has 1 aliphatic heterocycles. The zero-order valence-corrected chi connectivity index (χ0v) is 9.85. The van der Waals surface area contributed by atoms with Crippen molar-refractivity contribution in [2.24, 2.45) is 0 Å². The number of hydrogen-bond donors (Lipinski definition) is 0. The van der Waals surface area contributed by atoms with Crippen LogP contribution in [0, 0.1) is 11.3 Å². The summed E-state index contributed by atoms with van der Waals surface area (Å²) < 4.78 is 5.69. The Balaban J connectivity index is 2.23.